The number of amides is 2. The Morgan fingerprint density at radius 1 is 1.04 bits per heavy atom. The lowest BCUT2D eigenvalue weighted by Crippen LogP contribution is -2.51. The maximum absolute atomic E-state index is 12.9. The van der Waals surface area contributed by atoms with E-state index in [-0.39, 0.29) is 24.2 Å². The van der Waals surface area contributed by atoms with Gasteiger partial charge in [0, 0.05) is 24.7 Å². The molecule has 4 atom stereocenters. The Balaban J connectivity index is 1.58. The average Bonchev–Trinajstić information content (AvgIpc) is 2.98. The number of aliphatic hydroxyl groups is 1. The minimum atomic E-state index is -0.344. The first-order valence-electron chi connectivity index (χ1n) is 9.96. The molecule has 3 rings (SSSR count). The second-order valence-electron chi connectivity index (χ2n) is 8.44. The van der Waals surface area contributed by atoms with Gasteiger partial charge in [0.15, 0.2) is 0 Å². The van der Waals surface area contributed by atoms with Gasteiger partial charge in [-0.3, -0.25) is 0 Å². The minimum Gasteiger partial charge on any atom is -0.391 e. The zero-order valence-electron chi connectivity index (χ0n) is 15.4. The average molecular weight is 338 g/mol. The summed E-state index contributed by atoms with van der Waals surface area (Å²) < 4.78 is 0. The molecule has 0 unspecified atom stereocenters. The van der Waals surface area contributed by atoms with Gasteiger partial charge in [0.05, 0.1) is 6.10 Å². The molecule has 0 aromatic rings. The lowest BCUT2D eigenvalue weighted by atomic mass is 9.83. The van der Waals surface area contributed by atoms with E-state index in [4.69, 9.17) is 0 Å². The van der Waals surface area contributed by atoms with Crippen LogP contribution < -0.4 is 5.32 Å². The number of nitrogens with one attached hydrogen (secondary N) is 1. The summed E-state index contributed by atoms with van der Waals surface area (Å²) in [4.78, 5) is 17.1. The molecule has 0 spiro atoms. The van der Waals surface area contributed by atoms with Crippen molar-refractivity contribution in [3.63, 3.8) is 0 Å². The third-order valence-electron chi connectivity index (χ3n) is 6.48. The summed E-state index contributed by atoms with van der Waals surface area (Å²) in [6.07, 6.45) is 11.3. The maximum atomic E-state index is 12.9. The molecular formula is C19H35N3O2. The highest BCUT2D eigenvalue weighted by Gasteiger charge is 2.40. The predicted molar refractivity (Wildman–Crippen MR) is 96.0 cm³/mol. The van der Waals surface area contributed by atoms with E-state index in [1.54, 1.807) is 0 Å². The van der Waals surface area contributed by atoms with E-state index in [2.05, 4.69) is 24.3 Å². The van der Waals surface area contributed by atoms with Gasteiger partial charge in [-0.25, -0.2) is 4.79 Å². The van der Waals surface area contributed by atoms with Gasteiger partial charge in [-0.15, -0.1) is 0 Å². The minimum absolute atomic E-state index is 0.0616. The van der Waals surface area contributed by atoms with Crippen LogP contribution in [0, 0.1) is 5.92 Å². The molecule has 138 valence electrons. The number of carbonyl (C=O) groups excluding carboxylic acids is 1. The maximum Gasteiger partial charge on any atom is 0.317 e. The third-order valence-corrected chi connectivity index (χ3v) is 6.48. The van der Waals surface area contributed by atoms with E-state index in [1.165, 1.54) is 44.9 Å². The molecule has 0 aromatic carbocycles. The van der Waals surface area contributed by atoms with Crippen molar-refractivity contribution in [1.29, 1.82) is 0 Å². The Morgan fingerprint density at radius 3 is 2.50 bits per heavy atom. The molecule has 0 bridgehead atoms. The summed E-state index contributed by atoms with van der Waals surface area (Å²) >= 11 is 0. The van der Waals surface area contributed by atoms with Crippen LogP contribution in [0.4, 0.5) is 4.79 Å². The molecular weight excluding hydrogens is 302 g/mol. The topological polar surface area (TPSA) is 55.8 Å². The van der Waals surface area contributed by atoms with Crippen molar-refractivity contribution in [3.05, 3.63) is 0 Å². The normalized spacial score (nSPS) is 35.4. The van der Waals surface area contributed by atoms with Crippen molar-refractivity contribution in [1.82, 2.24) is 15.1 Å². The van der Waals surface area contributed by atoms with Crippen molar-refractivity contribution in [2.24, 2.45) is 5.92 Å². The molecule has 0 radical (unpaired) electrons. The van der Waals surface area contributed by atoms with Crippen LogP contribution in [-0.4, -0.2) is 65.8 Å². The molecule has 24 heavy (non-hydrogen) atoms. The van der Waals surface area contributed by atoms with Gasteiger partial charge < -0.3 is 20.2 Å². The number of carbonyl (C=O) groups is 1. The molecule has 2 N–H and O–H groups in total. The monoisotopic (exact) mass is 337 g/mol. The number of likely N-dealkylation sites (tertiary alicyclic amines) is 1. The summed E-state index contributed by atoms with van der Waals surface area (Å²) in [5.41, 5.74) is 0. The number of hydrogen-bond acceptors (Lipinski definition) is 3. The van der Waals surface area contributed by atoms with E-state index < -0.39 is 0 Å². The Morgan fingerprint density at radius 2 is 1.79 bits per heavy atom. The zero-order chi connectivity index (χ0) is 17.1. The van der Waals surface area contributed by atoms with E-state index >= 15 is 0 Å². The van der Waals surface area contributed by atoms with Crippen LogP contribution in [-0.2, 0) is 0 Å². The Bertz CT molecular complexity index is 423. The van der Waals surface area contributed by atoms with Gasteiger partial charge in [0.1, 0.15) is 0 Å². The van der Waals surface area contributed by atoms with Crippen molar-refractivity contribution in [3.8, 4) is 0 Å². The van der Waals surface area contributed by atoms with E-state index in [1.807, 2.05) is 4.90 Å². The number of aliphatic hydroxyl groups excluding tert-OH is 1. The fourth-order valence-corrected chi connectivity index (χ4v) is 5.06. The van der Waals surface area contributed by atoms with Crippen LogP contribution in [0.15, 0.2) is 0 Å². The Hall–Kier alpha value is -0.810. The smallest absolute Gasteiger partial charge is 0.317 e. The summed E-state index contributed by atoms with van der Waals surface area (Å²) in [7, 11) is 4.26. The van der Waals surface area contributed by atoms with Crippen LogP contribution in [0.2, 0.25) is 0 Å². The Labute approximate surface area is 146 Å². The van der Waals surface area contributed by atoms with Crippen LogP contribution in [0.1, 0.15) is 64.2 Å². The van der Waals surface area contributed by atoms with Crippen molar-refractivity contribution >= 4 is 6.03 Å². The fourth-order valence-electron chi connectivity index (χ4n) is 5.06. The molecule has 1 aliphatic heterocycles. The highest BCUT2D eigenvalue weighted by atomic mass is 16.3. The largest absolute Gasteiger partial charge is 0.391 e. The Kier molecular flexibility index (Phi) is 6.03. The van der Waals surface area contributed by atoms with Crippen LogP contribution in [0.25, 0.3) is 0 Å². The predicted octanol–water partition coefficient (Wildman–Crippen LogP) is 2.58. The van der Waals surface area contributed by atoms with Crippen molar-refractivity contribution < 1.29 is 9.90 Å². The first kappa shape index (κ1) is 18.0. The molecule has 1 saturated heterocycles. The number of urea groups is 1. The van der Waals surface area contributed by atoms with Crippen molar-refractivity contribution in [2.75, 3.05) is 20.6 Å². The number of hydrogen-bond donors (Lipinski definition) is 2. The molecule has 3 fully saturated rings. The third kappa shape index (κ3) is 4.23. The summed E-state index contributed by atoms with van der Waals surface area (Å²) in [6, 6.07) is 1.16. The SMILES string of the molecule is CN(C)[C@@H]1CCC[C@H](NC(=O)N2C[C@@H](O)C[C@@H]2C2CCCCC2)C1. The van der Waals surface area contributed by atoms with Crippen LogP contribution in [0.3, 0.4) is 0 Å². The lowest BCUT2D eigenvalue weighted by Gasteiger charge is -2.37. The molecule has 0 aromatic heterocycles. The van der Waals surface area contributed by atoms with Gasteiger partial charge >= 0.3 is 6.03 Å². The molecule has 5 heteroatoms. The van der Waals surface area contributed by atoms with E-state index in [0.717, 1.165) is 19.3 Å². The second kappa shape index (κ2) is 8.05. The number of β-amino-alcohol motifs (C(OH)–C–C–N with tert-alkyl or cyclic N) is 1. The number of rotatable bonds is 3. The highest BCUT2D eigenvalue weighted by molar-refractivity contribution is 5.75. The molecule has 2 amide bonds. The highest BCUT2D eigenvalue weighted by Crippen LogP contribution is 2.34. The molecule has 5 nitrogen and oxygen atoms in total. The zero-order valence-corrected chi connectivity index (χ0v) is 15.4. The van der Waals surface area contributed by atoms with Crippen LogP contribution in [0.5, 0.6) is 0 Å². The van der Waals surface area contributed by atoms with Gasteiger partial charge in [0.25, 0.3) is 0 Å². The molecule has 1 heterocycles. The molecule has 2 aliphatic carbocycles. The first-order chi connectivity index (χ1) is 11.5. The summed E-state index contributed by atoms with van der Waals surface area (Å²) in [6.45, 7) is 0.511. The van der Waals surface area contributed by atoms with Gasteiger partial charge in [-0.1, -0.05) is 19.3 Å². The van der Waals surface area contributed by atoms with Crippen LogP contribution >= 0.6 is 0 Å². The quantitative estimate of drug-likeness (QED) is 0.832. The van der Waals surface area contributed by atoms with Gasteiger partial charge in [0.2, 0.25) is 0 Å². The van der Waals surface area contributed by atoms with E-state index in [0.29, 0.717) is 18.5 Å². The standard InChI is InChI=1S/C19H35N3O2/c1-21(2)16-10-6-9-15(11-16)20-19(24)22-13-17(23)12-18(22)14-7-4-3-5-8-14/h14-18,23H,3-13H2,1-2H3,(H,20,24)/t15-,16+,17-,18+/m0/s1. The number of nitrogens with zero attached hydrogens (tertiary/aromatic N) is 2. The van der Waals surface area contributed by atoms with E-state index in [9.17, 15) is 9.90 Å². The van der Waals surface area contributed by atoms with Gasteiger partial charge in [-0.05, 0) is 65.0 Å². The fraction of sp³-hybridized carbons (Fsp3) is 0.947. The summed E-state index contributed by atoms with van der Waals surface area (Å²) in [5, 5.41) is 13.4. The molecule has 2 saturated carbocycles. The van der Waals surface area contributed by atoms with Crippen molar-refractivity contribution in [2.45, 2.75) is 88.4 Å². The van der Waals surface area contributed by atoms with Gasteiger partial charge in [-0.2, -0.15) is 0 Å². The lowest BCUT2D eigenvalue weighted by molar-refractivity contribution is 0.142. The first-order valence-corrected chi connectivity index (χ1v) is 9.96. The summed E-state index contributed by atoms with van der Waals surface area (Å²) in [5.74, 6) is 0.586. The molecule has 3 aliphatic rings. The second-order valence-corrected chi connectivity index (χ2v) is 8.44.